The van der Waals surface area contributed by atoms with Crippen LogP contribution < -0.4 is 0 Å². The first-order valence-corrected chi connectivity index (χ1v) is 2.64. The maximum atomic E-state index is 12.1. The predicted molar refractivity (Wildman–Crippen MR) is 25.1 cm³/mol. The molecule has 0 aromatic carbocycles. The van der Waals surface area contributed by atoms with Gasteiger partial charge in [-0.2, -0.15) is 0 Å². The highest BCUT2D eigenvalue weighted by Crippen LogP contribution is 2.39. The van der Waals surface area contributed by atoms with E-state index in [1.807, 2.05) is 0 Å². The summed E-state index contributed by atoms with van der Waals surface area (Å²) in [6.45, 7) is 0.0672. The topological polar surface area (TPSA) is 26.3 Å². The fourth-order valence-electron chi connectivity index (χ4n) is 0.715. The summed E-state index contributed by atoms with van der Waals surface area (Å²) < 4.78 is 28.3. The first-order valence-electron chi connectivity index (χ1n) is 2.64. The summed E-state index contributed by atoms with van der Waals surface area (Å²) in [5.41, 5.74) is 0. The number of carbonyl (C=O) groups is 1. The average Bonchev–Trinajstić information content (AvgIpc) is 1.81. The van der Waals surface area contributed by atoms with Crippen LogP contribution in [0.4, 0.5) is 8.78 Å². The summed E-state index contributed by atoms with van der Waals surface area (Å²) in [6, 6.07) is 0. The summed E-state index contributed by atoms with van der Waals surface area (Å²) in [4.78, 5) is 9.54. The molecule has 0 bridgehead atoms. The summed E-state index contributed by atoms with van der Waals surface area (Å²) in [5, 5.41) is 0. The second kappa shape index (κ2) is 1.93. The van der Waals surface area contributed by atoms with Gasteiger partial charge in [0.2, 0.25) is 0 Å². The number of alkyl halides is 2. The van der Waals surface area contributed by atoms with E-state index in [1.165, 1.54) is 0 Å². The quantitative estimate of drug-likeness (QED) is 0.528. The molecule has 0 amide bonds. The highest BCUT2D eigenvalue weighted by atomic mass is 19.3. The van der Waals surface area contributed by atoms with Crippen LogP contribution in [0.25, 0.3) is 0 Å². The zero-order valence-electron chi connectivity index (χ0n) is 4.64. The van der Waals surface area contributed by atoms with Crippen molar-refractivity contribution in [3.05, 3.63) is 0 Å². The van der Waals surface area contributed by atoms with Crippen LogP contribution in [0.1, 0.15) is 12.8 Å². The molecule has 1 aliphatic carbocycles. The van der Waals surface area contributed by atoms with Crippen molar-refractivity contribution < 1.29 is 18.3 Å². The lowest BCUT2D eigenvalue weighted by atomic mass is 9.91. The fraction of sp³-hybridized carbons (Fsp3) is 0.800. The normalized spacial score (nSPS) is 30.7. The lowest BCUT2D eigenvalue weighted by Gasteiger charge is -2.33. The van der Waals surface area contributed by atoms with Crippen LogP contribution >= 0.6 is 0 Å². The minimum absolute atomic E-state index is 0.0672. The van der Waals surface area contributed by atoms with Crippen molar-refractivity contribution in [3.8, 4) is 0 Å². The molecule has 1 aliphatic rings. The number of halogens is 2. The van der Waals surface area contributed by atoms with Gasteiger partial charge in [-0.25, -0.2) is 8.78 Å². The van der Waals surface area contributed by atoms with E-state index < -0.39 is 12.0 Å². The van der Waals surface area contributed by atoms with Gasteiger partial charge in [0.1, 0.15) is 0 Å². The van der Waals surface area contributed by atoms with E-state index in [9.17, 15) is 13.6 Å². The van der Waals surface area contributed by atoms with Crippen molar-refractivity contribution in [1.82, 2.24) is 0 Å². The van der Waals surface area contributed by atoms with E-state index in [2.05, 4.69) is 4.74 Å². The Morgan fingerprint density at radius 3 is 2.44 bits per heavy atom. The average molecular weight is 136 g/mol. The number of hydrogen-bond acceptors (Lipinski definition) is 2. The first kappa shape index (κ1) is 6.45. The van der Waals surface area contributed by atoms with Crippen LogP contribution in [0.3, 0.4) is 0 Å². The van der Waals surface area contributed by atoms with Gasteiger partial charge in [0.25, 0.3) is 12.4 Å². The molecule has 1 fully saturated rings. The SMILES string of the molecule is O=COC1CCC1(F)F. The first-order chi connectivity index (χ1) is 4.17. The number of hydrogen-bond donors (Lipinski definition) is 0. The third-order valence-corrected chi connectivity index (χ3v) is 1.43. The standard InChI is InChI=1S/C5H6F2O2/c6-5(7)2-1-4(5)9-3-8/h3-4H,1-2H2. The summed E-state index contributed by atoms with van der Waals surface area (Å²) in [7, 11) is 0. The van der Waals surface area contributed by atoms with Gasteiger partial charge in [0.15, 0.2) is 6.10 Å². The van der Waals surface area contributed by atoms with Crippen LogP contribution in [0, 0.1) is 0 Å². The van der Waals surface area contributed by atoms with Crippen LogP contribution in [0.15, 0.2) is 0 Å². The molecule has 1 saturated carbocycles. The molecular formula is C5H6F2O2. The fourth-order valence-corrected chi connectivity index (χ4v) is 0.715. The van der Waals surface area contributed by atoms with Gasteiger partial charge in [-0.15, -0.1) is 0 Å². The predicted octanol–water partition coefficient (Wildman–Crippen LogP) is 0.957. The van der Waals surface area contributed by atoms with Gasteiger partial charge in [-0.05, 0) is 6.42 Å². The Morgan fingerprint density at radius 2 is 2.33 bits per heavy atom. The zero-order chi connectivity index (χ0) is 6.91. The highest BCUT2D eigenvalue weighted by molar-refractivity contribution is 5.38. The van der Waals surface area contributed by atoms with E-state index >= 15 is 0 Å². The summed E-state index contributed by atoms with van der Waals surface area (Å²) in [6.07, 6.45) is -1.04. The zero-order valence-corrected chi connectivity index (χ0v) is 4.64. The Hall–Kier alpha value is -0.670. The molecule has 0 aliphatic heterocycles. The van der Waals surface area contributed by atoms with Crippen molar-refractivity contribution >= 4 is 6.47 Å². The Kier molecular flexibility index (Phi) is 1.38. The summed E-state index contributed by atoms with van der Waals surface area (Å²) in [5.74, 6) is -2.76. The largest absolute Gasteiger partial charge is 0.458 e. The third kappa shape index (κ3) is 1.01. The molecule has 0 heterocycles. The lowest BCUT2D eigenvalue weighted by molar-refractivity contribution is -0.196. The van der Waals surface area contributed by atoms with Crippen LogP contribution in [0.5, 0.6) is 0 Å². The van der Waals surface area contributed by atoms with E-state index in [4.69, 9.17) is 0 Å². The molecule has 0 N–H and O–H groups in total. The maximum Gasteiger partial charge on any atom is 0.293 e. The van der Waals surface area contributed by atoms with Gasteiger partial charge >= 0.3 is 0 Å². The van der Waals surface area contributed by atoms with E-state index in [0.29, 0.717) is 0 Å². The minimum atomic E-state index is -2.76. The monoisotopic (exact) mass is 136 g/mol. The van der Waals surface area contributed by atoms with Crippen molar-refractivity contribution in [2.75, 3.05) is 0 Å². The second-order valence-corrected chi connectivity index (χ2v) is 2.02. The van der Waals surface area contributed by atoms with E-state index in [0.717, 1.165) is 0 Å². The van der Waals surface area contributed by atoms with Gasteiger partial charge in [-0.3, -0.25) is 4.79 Å². The Balaban J connectivity index is 2.36. The molecule has 1 atom stereocenters. The number of ether oxygens (including phenoxy) is 1. The molecule has 0 aromatic rings. The smallest absolute Gasteiger partial charge is 0.293 e. The Bertz CT molecular complexity index is 124. The van der Waals surface area contributed by atoms with E-state index in [-0.39, 0.29) is 19.3 Å². The molecule has 2 nitrogen and oxygen atoms in total. The van der Waals surface area contributed by atoms with E-state index in [1.54, 1.807) is 0 Å². The molecule has 1 rings (SSSR count). The van der Waals surface area contributed by atoms with Crippen LogP contribution in [-0.2, 0) is 9.53 Å². The Morgan fingerprint density at radius 1 is 1.67 bits per heavy atom. The molecule has 1 unspecified atom stereocenters. The molecule has 0 saturated heterocycles. The lowest BCUT2D eigenvalue weighted by Crippen LogP contribution is -2.45. The molecule has 4 heteroatoms. The van der Waals surface area contributed by atoms with Crippen molar-refractivity contribution in [3.63, 3.8) is 0 Å². The Labute approximate surface area is 50.8 Å². The number of carbonyl (C=O) groups excluding carboxylic acids is 1. The minimum Gasteiger partial charge on any atom is -0.458 e. The number of rotatable bonds is 2. The molecule has 9 heavy (non-hydrogen) atoms. The third-order valence-electron chi connectivity index (χ3n) is 1.43. The maximum absolute atomic E-state index is 12.1. The second-order valence-electron chi connectivity index (χ2n) is 2.02. The van der Waals surface area contributed by atoms with Crippen LogP contribution in [-0.4, -0.2) is 18.5 Å². The molecule has 52 valence electrons. The summed E-state index contributed by atoms with van der Waals surface area (Å²) >= 11 is 0. The molecule has 0 aromatic heterocycles. The molecule has 0 spiro atoms. The van der Waals surface area contributed by atoms with Gasteiger partial charge < -0.3 is 4.74 Å². The van der Waals surface area contributed by atoms with Gasteiger partial charge in [0.05, 0.1) is 0 Å². The highest BCUT2D eigenvalue weighted by Gasteiger charge is 2.50. The van der Waals surface area contributed by atoms with Gasteiger partial charge in [-0.1, -0.05) is 0 Å². The van der Waals surface area contributed by atoms with Crippen molar-refractivity contribution in [2.24, 2.45) is 0 Å². The van der Waals surface area contributed by atoms with Gasteiger partial charge in [0, 0.05) is 6.42 Å². The van der Waals surface area contributed by atoms with Crippen molar-refractivity contribution in [1.29, 1.82) is 0 Å². The van der Waals surface area contributed by atoms with Crippen LogP contribution in [0.2, 0.25) is 0 Å². The van der Waals surface area contributed by atoms with Crippen molar-refractivity contribution in [2.45, 2.75) is 24.9 Å². The molecular weight excluding hydrogens is 130 g/mol. The molecule has 0 radical (unpaired) electrons.